The molecule has 10 nitrogen and oxygen atoms in total. The van der Waals surface area contributed by atoms with Gasteiger partial charge in [-0.1, -0.05) is 0 Å². The summed E-state index contributed by atoms with van der Waals surface area (Å²) < 4.78 is 26.6. The Bertz CT molecular complexity index is 1170. The molecule has 32 heavy (non-hydrogen) atoms. The van der Waals surface area contributed by atoms with E-state index in [0.29, 0.717) is 43.1 Å². The summed E-state index contributed by atoms with van der Waals surface area (Å²) >= 11 is 0. The van der Waals surface area contributed by atoms with Crippen LogP contribution in [0.2, 0.25) is 0 Å². The summed E-state index contributed by atoms with van der Waals surface area (Å²) in [6.45, 7) is 2.28. The van der Waals surface area contributed by atoms with Crippen LogP contribution >= 0.6 is 0 Å². The van der Waals surface area contributed by atoms with Gasteiger partial charge in [0.2, 0.25) is 15.9 Å². The lowest BCUT2D eigenvalue weighted by Gasteiger charge is -2.35. The lowest BCUT2D eigenvalue weighted by Crippen LogP contribution is -2.49. The number of nitrogens with one attached hydrogen (secondary N) is 1. The van der Waals surface area contributed by atoms with Crippen LogP contribution < -0.4 is 10.2 Å². The van der Waals surface area contributed by atoms with Crippen LogP contribution in [0.15, 0.2) is 47.5 Å². The van der Waals surface area contributed by atoms with E-state index in [1.165, 1.54) is 24.3 Å². The van der Waals surface area contributed by atoms with Gasteiger partial charge in [-0.25, -0.2) is 13.4 Å². The number of carbonyl (C=O) groups excluding carboxylic acids is 2. The van der Waals surface area contributed by atoms with Crippen LogP contribution in [-0.2, 0) is 14.8 Å². The average Bonchev–Trinajstić information content (AvgIpc) is 2.84. The fraction of sp³-hybridized carbons (Fsp3) is 0.333. The predicted molar refractivity (Wildman–Crippen MR) is 115 cm³/mol. The van der Waals surface area contributed by atoms with E-state index in [0.717, 1.165) is 4.31 Å². The zero-order valence-corrected chi connectivity index (χ0v) is 18.1. The summed E-state index contributed by atoms with van der Waals surface area (Å²) in [6, 6.07) is 11.4. The largest absolute Gasteiger partial charge is 0.354 e. The van der Waals surface area contributed by atoms with Crippen LogP contribution in [0, 0.1) is 11.3 Å². The number of pyridine rings is 1. The number of piperazine rings is 2. The van der Waals surface area contributed by atoms with Crippen molar-refractivity contribution in [2.24, 2.45) is 0 Å². The summed E-state index contributed by atoms with van der Waals surface area (Å²) in [5.74, 6) is 0.0916. The molecule has 1 N–H and O–H groups in total. The third kappa shape index (κ3) is 4.28. The average molecular weight is 455 g/mol. The number of sulfonamides is 1. The monoisotopic (exact) mass is 454 g/mol. The molecule has 0 spiro atoms. The highest BCUT2D eigenvalue weighted by molar-refractivity contribution is 7.89. The second-order valence-corrected chi connectivity index (χ2v) is 9.42. The van der Waals surface area contributed by atoms with E-state index in [1.807, 2.05) is 4.90 Å². The number of aromatic nitrogens is 1. The molecule has 2 saturated heterocycles. The summed E-state index contributed by atoms with van der Waals surface area (Å²) in [4.78, 5) is 32.4. The first-order valence-corrected chi connectivity index (χ1v) is 11.6. The Kier molecular flexibility index (Phi) is 6.07. The van der Waals surface area contributed by atoms with E-state index in [9.17, 15) is 23.3 Å². The molecule has 0 bridgehead atoms. The van der Waals surface area contributed by atoms with E-state index in [1.54, 1.807) is 23.2 Å². The molecule has 2 amide bonds. The SMILES string of the molecule is N#Cc1cccnc1N1CCN(C(=O)c2ccc(S(=O)(=O)N3CCNC(=O)C3)cc2)CC1. The van der Waals surface area contributed by atoms with Crippen molar-refractivity contribution >= 4 is 27.7 Å². The number of benzene rings is 1. The van der Waals surface area contributed by atoms with Gasteiger partial charge >= 0.3 is 0 Å². The molecule has 1 aromatic carbocycles. The first-order chi connectivity index (χ1) is 15.4. The lowest BCUT2D eigenvalue weighted by molar-refractivity contribution is -0.122. The van der Waals surface area contributed by atoms with Gasteiger partial charge in [0.25, 0.3) is 5.91 Å². The number of hydrogen-bond donors (Lipinski definition) is 1. The molecule has 2 aliphatic rings. The first-order valence-electron chi connectivity index (χ1n) is 10.2. The van der Waals surface area contributed by atoms with Gasteiger partial charge in [0.05, 0.1) is 17.0 Å². The van der Waals surface area contributed by atoms with Crippen molar-refractivity contribution in [2.45, 2.75) is 4.90 Å². The Morgan fingerprint density at radius 3 is 2.44 bits per heavy atom. The van der Waals surface area contributed by atoms with Gasteiger partial charge in [-0.15, -0.1) is 0 Å². The van der Waals surface area contributed by atoms with Gasteiger partial charge in [0, 0.05) is 51.0 Å². The zero-order chi connectivity index (χ0) is 22.7. The van der Waals surface area contributed by atoms with Crippen LogP contribution in [0.3, 0.4) is 0 Å². The van der Waals surface area contributed by atoms with Crippen molar-refractivity contribution in [2.75, 3.05) is 50.7 Å². The highest BCUT2D eigenvalue weighted by Gasteiger charge is 2.30. The van der Waals surface area contributed by atoms with Crippen molar-refractivity contribution < 1.29 is 18.0 Å². The van der Waals surface area contributed by atoms with Gasteiger partial charge in [0.1, 0.15) is 11.9 Å². The Balaban J connectivity index is 1.41. The smallest absolute Gasteiger partial charge is 0.253 e. The van der Waals surface area contributed by atoms with Crippen molar-refractivity contribution in [3.63, 3.8) is 0 Å². The van der Waals surface area contributed by atoms with Crippen LogP contribution in [0.25, 0.3) is 0 Å². The minimum Gasteiger partial charge on any atom is -0.354 e. The molecule has 0 aliphatic carbocycles. The van der Waals surface area contributed by atoms with E-state index >= 15 is 0 Å². The molecule has 0 atom stereocenters. The van der Waals surface area contributed by atoms with Gasteiger partial charge in [0.15, 0.2) is 0 Å². The molecule has 0 radical (unpaired) electrons. The Labute approximate surface area is 186 Å². The van der Waals surface area contributed by atoms with Crippen LogP contribution in [0.4, 0.5) is 5.82 Å². The van der Waals surface area contributed by atoms with Crippen LogP contribution in [0.5, 0.6) is 0 Å². The van der Waals surface area contributed by atoms with Crippen LogP contribution in [-0.4, -0.2) is 80.2 Å². The summed E-state index contributed by atoms with van der Waals surface area (Å²) in [5, 5.41) is 11.9. The van der Waals surface area contributed by atoms with E-state index in [-0.39, 0.29) is 36.3 Å². The summed E-state index contributed by atoms with van der Waals surface area (Å²) in [5.41, 5.74) is 0.889. The topological polar surface area (TPSA) is 127 Å². The van der Waals surface area contributed by atoms with Crippen LogP contribution in [0.1, 0.15) is 15.9 Å². The standard InChI is InChI=1S/C21H22N6O4S/c22-14-17-2-1-7-24-20(17)25-10-12-26(13-11-25)21(29)16-3-5-18(6-4-16)32(30,31)27-9-8-23-19(28)15-27/h1-7H,8-13,15H2,(H,23,28). The number of anilines is 1. The highest BCUT2D eigenvalue weighted by atomic mass is 32.2. The predicted octanol–water partition coefficient (Wildman–Crippen LogP) is 0.0362. The summed E-state index contributed by atoms with van der Waals surface area (Å²) in [7, 11) is -3.80. The molecule has 3 heterocycles. The molecule has 4 rings (SSSR count). The Morgan fingerprint density at radius 2 is 1.78 bits per heavy atom. The van der Waals surface area contributed by atoms with E-state index in [4.69, 9.17) is 0 Å². The fourth-order valence-electron chi connectivity index (χ4n) is 3.78. The van der Waals surface area contributed by atoms with Crippen molar-refractivity contribution in [1.29, 1.82) is 5.26 Å². The molecule has 2 aliphatic heterocycles. The number of amides is 2. The third-order valence-electron chi connectivity index (χ3n) is 5.52. The van der Waals surface area contributed by atoms with Crippen molar-refractivity contribution in [3.05, 3.63) is 53.7 Å². The normalized spacial score (nSPS) is 17.5. The summed E-state index contributed by atoms with van der Waals surface area (Å²) in [6.07, 6.45) is 1.64. The second-order valence-electron chi connectivity index (χ2n) is 7.48. The maximum absolute atomic E-state index is 12.9. The Hall–Kier alpha value is -3.49. The van der Waals surface area contributed by atoms with Gasteiger partial charge < -0.3 is 15.1 Å². The lowest BCUT2D eigenvalue weighted by atomic mass is 10.1. The van der Waals surface area contributed by atoms with Crippen molar-refractivity contribution in [1.82, 2.24) is 19.5 Å². The molecule has 2 aromatic rings. The molecular formula is C21H22N6O4S. The molecule has 166 valence electrons. The highest BCUT2D eigenvalue weighted by Crippen LogP contribution is 2.21. The molecule has 2 fully saturated rings. The van der Waals surface area contributed by atoms with E-state index < -0.39 is 10.0 Å². The number of carbonyl (C=O) groups is 2. The number of nitriles is 1. The van der Waals surface area contributed by atoms with Gasteiger partial charge in [-0.2, -0.15) is 9.57 Å². The minimum absolute atomic E-state index is 0.0488. The molecule has 0 saturated carbocycles. The van der Waals surface area contributed by atoms with Gasteiger partial charge in [-0.3, -0.25) is 9.59 Å². The first kappa shape index (κ1) is 21.7. The quantitative estimate of drug-likeness (QED) is 0.691. The molecular weight excluding hydrogens is 432 g/mol. The minimum atomic E-state index is -3.80. The maximum atomic E-state index is 12.9. The second kappa shape index (κ2) is 8.94. The molecule has 11 heteroatoms. The number of nitrogens with zero attached hydrogens (tertiary/aromatic N) is 5. The zero-order valence-electron chi connectivity index (χ0n) is 17.3. The molecule has 0 unspecified atom stereocenters. The number of rotatable bonds is 4. The maximum Gasteiger partial charge on any atom is 0.253 e. The Morgan fingerprint density at radius 1 is 1.06 bits per heavy atom. The van der Waals surface area contributed by atoms with Crippen molar-refractivity contribution in [3.8, 4) is 6.07 Å². The van der Waals surface area contributed by atoms with E-state index in [2.05, 4.69) is 16.4 Å². The number of hydrogen-bond acceptors (Lipinski definition) is 7. The fourth-order valence-corrected chi connectivity index (χ4v) is 5.18. The molecule has 1 aromatic heterocycles. The third-order valence-corrected chi connectivity index (χ3v) is 7.38. The van der Waals surface area contributed by atoms with Gasteiger partial charge in [-0.05, 0) is 36.4 Å².